The van der Waals surface area contributed by atoms with Gasteiger partial charge < -0.3 is 9.64 Å². The third kappa shape index (κ3) is 3.49. The molecule has 1 saturated heterocycles. The van der Waals surface area contributed by atoms with E-state index in [0.29, 0.717) is 11.7 Å². The molecule has 0 spiro atoms. The van der Waals surface area contributed by atoms with E-state index >= 15 is 0 Å². The molecular formula is C16H23N3O. The number of ether oxygens (including phenoxy) is 1. The summed E-state index contributed by atoms with van der Waals surface area (Å²) in [5.74, 6) is 0.950. The first-order valence-electron chi connectivity index (χ1n) is 7.33. The number of aryl methyl sites for hydroxylation is 2. The van der Waals surface area contributed by atoms with Gasteiger partial charge in [-0.1, -0.05) is 0 Å². The van der Waals surface area contributed by atoms with Gasteiger partial charge >= 0.3 is 0 Å². The normalized spacial score (nSPS) is 18.0. The minimum absolute atomic E-state index is 0.459. The first-order valence-corrected chi connectivity index (χ1v) is 7.33. The number of aromatic nitrogens is 1. The van der Waals surface area contributed by atoms with E-state index in [0.717, 1.165) is 43.1 Å². The molecular weight excluding hydrogens is 250 g/mol. The van der Waals surface area contributed by atoms with Gasteiger partial charge in [0.2, 0.25) is 0 Å². The predicted molar refractivity (Wildman–Crippen MR) is 79.9 cm³/mol. The lowest BCUT2D eigenvalue weighted by Gasteiger charge is -2.20. The van der Waals surface area contributed by atoms with Crippen LogP contribution in [0.1, 0.15) is 42.5 Å². The third-order valence-electron chi connectivity index (χ3n) is 3.93. The average Bonchev–Trinajstić information content (AvgIpc) is 2.91. The molecule has 20 heavy (non-hydrogen) atoms. The number of pyridine rings is 1. The lowest BCUT2D eigenvalue weighted by atomic mass is 10.1. The topological polar surface area (TPSA) is 49.1 Å². The fourth-order valence-corrected chi connectivity index (χ4v) is 2.72. The Morgan fingerprint density at radius 1 is 1.50 bits per heavy atom. The molecule has 0 bridgehead atoms. The maximum absolute atomic E-state index is 9.07. The number of nitriles is 1. The van der Waals surface area contributed by atoms with Crippen molar-refractivity contribution in [3.05, 3.63) is 22.9 Å². The molecule has 108 valence electrons. The van der Waals surface area contributed by atoms with Crippen molar-refractivity contribution in [1.82, 2.24) is 4.98 Å². The molecule has 2 heterocycles. The van der Waals surface area contributed by atoms with Gasteiger partial charge in [0.05, 0.1) is 17.4 Å². The molecule has 1 fully saturated rings. The van der Waals surface area contributed by atoms with E-state index in [-0.39, 0.29) is 0 Å². The van der Waals surface area contributed by atoms with Crippen molar-refractivity contribution in [2.75, 3.05) is 25.1 Å². The van der Waals surface area contributed by atoms with Crippen molar-refractivity contribution in [1.29, 1.82) is 5.26 Å². The minimum atomic E-state index is 0.459. The van der Waals surface area contributed by atoms with Crippen LogP contribution < -0.4 is 4.90 Å². The maximum Gasteiger partial charge on any atom is 0.128 e. The molecule has 0 saturated carbocycles. The summed E-state index contributed by atoms with van der Waals surface area (Å²) in [4.78, 5) is 6.69. The summed E-state index contributed by atoms with van der Waals surface area (Å²) in [5.41, 5.74) is 2.51. The molecule has 0 aromatic carbocycles. The number of rotatable bonds is 5. The van der Waals surface area contributed by atoms with Gasteiger partial charge in [0.1, 0.15) is 11.9 Å². The Bertz CT molecular complexity index is 478. The zero-order chi connectivity index (χ0) is 14.5. The van der Waals surface area contributed by atoms with Crippen LogP contribution in [0.25, 0.3) is 0 Å². The highest BCUT2D eigenvalue weighted by atomic mass is 16.5. The van der Waals surface area contributed by atoms with Gasteiger partial charge in [-0.25, -0.2) is 4.98 Å². The molecule has 0 radical (unpaired) electrons. The molecule has 0 N–H and O–H groups in total. The fraction of sp³-hybridized carbons (Fsp3) is 0.625. The summed E-state index contributed by atoms with van der Waals surface area (Å²) in [6.45, 7) is 5.76. The van der Waals surface area contributed by atoms with Gasteiger partial charge in [-0.15, -0.1) is 0 Å². The predicted octanol–water partition coefficient (Wildman–Crippen LogP) is 2.97. The SMILES string of the molecule is Cc1cc(N(C)CCCC2CCCO2)nc(C)c1C#N. The first kappa shape index (κ1) is 14.8. The average molecular weight is 273 g/mol. The molecule has 1 aliphatic heterocycles. The summed E-state index contributed by atoms with van der Waals surface area (Å²) >= 11 is 0. The maximum atomic E-state index is 9.07. The quantitative estimate of drug-likeness (QED) is 0.827. The van der Waals surface area contributed by atoms with Crippen LogP contribution >= 0.6 is 0 Å². The van der Waals surface area contributed by atoms with Crippen molar-refractivity contribution in [2.24, 2.45) is 0 Å². The van der Waals surface area contributed by atoms with E-state index in [1.54, 1.807) is 0 Å². The lowest BCUT2D eigenvalue weighted by Crippen LogP contribution is -2.21. The van der Waals surface area contributed by atoms with Gasteiger partial charge in [0.25, 0.3) is 0 Å². The van der Waals surface area contributed by atoms with Crippen LogP contribution in [0.5, 0.6) is 0 Å². The van der Waals surface area contributed by atoms with Crippen LogP contribution in [-0.4, -0.2) is 31.3 Å². The minimum Gasteiger partial charge on any atom is -0.378 e. The Morgan fingerprint density at radius 3 is 2.90 bits per heavy atom. The van der Waals surface area contributed by atoms with Crippen LogP contribution in [0, 0.1) is 25.2 Å². The van der Waals surface area contributed by atoms with Gasteiger partial charge in [0, 0.05) is 20.2 Å². The van der Waals surface area contributed by atoms with Gasteiger partial charge in [0.15, 0.2) is 0 Å². The zero-order valence-electron chi connectivity index (χ0n) is 12.6. The Morgan fingerprint density at radius 2 is 2.30 bits per heavy atom. The highest BCUT2D eigenvalue weighted by Gasteiger charge is 2.15. The van der Waals surface area contributed by atoms with Crippen molar-refractivity contribution >= 4 is 5.82 Å². The number of hydrogen-bond donors (Lipinski definition) is 0. The van der Waals surface area contributed by atoms with Crippen molar-refractivity contribution in [2.45, 2.75) is 45.6 Å². The molecule has 1 aromatic rings. The third-order valence-corrected chi connectivity index (χ3v) is 3.93. The second kappa shape index (κ2) is 6.71. The summed E-state index contributed by atoms with van der Waals surface area (Å²) in [7, 11) is 2.06. The molecule has 4 nitrogen and oxygen atoms in total. The standard InChI is InChI=1S/C16H23N3O/c1-12-10-16(18-13(2)15(12)11-17)19(3)8-4-6-14-7-5-9-20-14/h10,14H,4-9H2,1-3H3. The Balaban J connectivity index is 1.92. The van der Waals surface area contributed by atoms with E-state index in [1.165, 1.54) is 12.8 Å². The zero-order valence-corrected chi connectivity index (χ0v) is 12.6. The summed E-state index contributed by atoms with van der Waals surface area (Å²) in [6, 6.07) is 4.21. The Kier molecular flexibility index (Phi) is 4.97. The van der Waals surface area contributed by atoms with Crippen molar-refractivity contribution in [3.63, 3.8) is 0 Å². The largest absolute Gasteiger partial charge is 0.378 e. The number of anilines is 1. The van der Waals surface area contributed by atoms with Gasteiger partial charge in [-0.05, 0) is 51.2 Å². The van der Waals surface area contributed by atoms with Crippen LogP contribution in [0.4, 0.5) is 5.82 Å². The Labute approximate surface area is 121 Å². The summed E-state index contributed by atoms with van der Waals surface area (Å²) in [5, 5.41) is 9.07. The molecule has 1 atom stereocenters. The van der Waals surface area contributed by atoms with E-state index < -0.39 is 0 Å². The van der Waals surface area contributed by atoms with Crippen molar-refractivity contribution < 1.29 is 4.74 Å². The molecule has 0 aliphatic carbocycles. The second-order valence-electron chi connectivity index (χ2n) is 5.57. The highest BCUT2D eigenvalue weighted by molar-refractivity contribution is 5.49. The van der Waals surface area contributed by atoms with E-state index in [9.17, 15) is 0 Å². The smallest absolute Gasteiger partial charge is 0.128 e. The van der Waals surface area contributed by atoms with Crippen molar-refractivity contribution in [3.8, 4) is 6.07 Å². The number of nitrogens with zero attached hydrogens (tertiary/aromatic N) is 3. The molecule has 1 unspecified atom stereocenters. The molecule has 2 rings (SSSR count). The monoisotopic (exact) mass is 273 g/mol. The number of hydrogen-bond acceptors (Lipinski definition) is 4. The van der Waals surface area contributed by atoms with Crippen LogP contribution in [0.15, 0.2) is 6.07 Å². The lowest BCUT2D eigenvalue weighted by molar-refractivity contribution is 0.103. The second-order valence-corrected chi connectivity index (χ2v) is 5.57. The van der Waals surface area contributed by atoms with E-state index in [4.69, 9.17) is 10.00 Å². The Hall–Kier alpha value is -1.60. The van der Waals surface area contributed by atoms with Crippen LogP contribution in [-0.2, 0) is 4.74 Å². The molecule has 1 aromatic heterocycles. The van der Waals surface area contributed by atoms with Crippen LogP contribution in [0.3, 0.4) is 0 Å². The first-order chi connectivity index (χ1) is 9.61. The molecule has 0 amide bonds. The summed E-state index contributed by atoms with van der Waals surface area (Å²) in [6.07, 6.45) is 5.10. The van der Waals surface area contributed by atoms with E-state index in [1.807, 2.05) is 19.9 Å². The molecule has 1 aliphatic rings. The summed E-state index contributed by atoms with van der Waals surface area (Å²) < 4.78 is 5.64. The van der Waals surface area contributed by atoms with Crippen LogP contribution in [0.2, 0.25) is 0 Å². The van der Waals surface area contributed by atoms with Gasteiger partial charge in [-0.3, -0.25) is 0 Å². The highest BCUT2D eigenvalue weighted by Crippen LogP contribution is 2.20. The van der Waals surface area contributed by atoms with E-state index in [2.05, 4.69) is 23.0 Å². The van der Waals surface area contributed by atoms with Gasteiger partial charge in [-0.2, -0.15) is 5.26 Å². The molecule has 4 heteroatoms. The fourth-order valence-electron chi connectivity index (χ4n) is 2.72.